The van der Waals surface area contributed by atoms with Crippen molar-refractivity contribution in [1.29, 1.82) is 0 Å². The monoisotopic (exact) mass is 465 g/mol. The van der Waals surface area contributed by atoms with Crippen LogP contribution < -0.4 is 5.73 Å². The van der Waals surface area contributed by atoms with Crippen LogP contribution in [0.1, 0.15) is 49.4 Å². The SMILES string of the molecule is CC1(C)C(c2nc3c(C(N)=O)cccc3[nH]2)=C(c2cccc3c2oc2ccccc23)C(C)(C)N1[O]. The van der Waals surface area contributed by atoms with Gasteiger partial charge in [0.25, 0.3) is 5.91 Å². The number of hydrogen-bond acceptors (Lipinski definition) is 4. The highest BCUT2D eigenvalue weighted by atomic mass is 16.5. The largest absolute Gasteiger partial charge is 0.455 e. The second-order valence-electron chi connectivity index (χ2n) is 10.1. The number of fused-ring (bicyclic) bond motifs is 4. The maximum absolute atomic E-state index is 13.7. The quantitative estimate of drug-likeness (QED) is 0.357. The first kappa shape index (κ1) is 21.6. The predicted octanol–water partition coefficient (Wildman–Crippen LogP) is 5.69. The van der Waals surface area contributed by atoms with E-state index in [1.165, 1.54) is 0 Å². The van der Waals surface area contributed by atoms with Crippen LogP contribution in [0.25, 0.3) is 44.1 Å². The molecule has 1 radical (unpaired) electrons. The van der Waals surface area contributed by atoms with E-state index in [-0.39, 0.29) is 0 Å². The van der Waals surface area contributed by atoms with Gasteiger partial charge < -0.3 is 15.1 Å². The molecule has 0 saturated carbocycles. The van der Waals surface area contributed by atoms with E-state index in [4.69, 9.17) is 15.1 Å². The van der Waals surface area contributed by atoms with Gasteiger partial charge in [-0.3, -0.25) is 4.79 Å². The van der Waals surface area contributed by atoms with Crippen molar-refractivity contribution in [3.05, 3.63) is 77.6 Å². The van der Waals surface area contributed by atoms with Crippen molar-refractivity contribution >= 4 is 50.0 Å². The van der Waals surface area contributed by atoms with Crippen LogP contribution in [0.3, 0.4) is 0 Å². The fourth-order valence-corrected chi connectivity index (χ4v) is 5.68. The Hall–Kier alpha value is -3.94. The Labute approximate surface area is 201 Å². The number of nitrogens with two attached hydrogens (primary N) is 1. The van der Waals surface area contributed by atoms with Gasteiger partial charge in [-0.2, -0.15) is 0 Å². The molecule has 0 saturated heterocycles. The number of amides is 1. The number of H-pyrrole nitrogens is 1. The first-order chi connectivity index (χ1) is 16.6. The molecule has 3 N–H and O–H groups in total. The number of carbonyl (C=O) groups excluding carboxylic acids is 1. The van der Waals surface area contributed by atoms with Gasteiger partial charge in [-0.15, -0.1) is 10.3 Å². The first-order valence-electron chi connectivity index (χ1n) is 11.5. The third-order valence-corrected chi connectivity index (χ3v) is 7.18. The number of aromatic amines is 1. The highest BCUT2D eigenvalue weighted by molar-refractivity contribution is 6.12. The molecule has 0 aliphatic carbocycles. The van der Waals surface area contributed by atoms with Gasteiger partial charge in [-0.05, 0) is 51.5 Å². The van der Waals surface area contributed by atoms with Crippen LogP contribution in [0.2, 0.25) is 0 Å². The Morgan fingerprint density at radius 3 is 2.37 bits per heavy atom. The van der Waals surface area contributed by atoms with E-state index < -0.39 is 17.0 Å². The molecule has 175 valence electrons. The number of imidazole rings is 1. The van der Waals surface area contributed by atoms with Gasteiger partial charge in [-0.25, -0.2) is 4.98 Å². The molecule has 0 spiro atoms. The van der Waals surface area contributed by atoms with Gasteiger partial charge in [0.1, 0.15) is 22.5 Å². The van der Waals surface area contributed by atoms with Gasteiger partial charge in [0.15, 0.2) is 0 Å². The van der Waals surface area contributed by atoms with Crippen LogP contribution in [-0.2, 0) is 5.21 Å². The maximum atomic E-state index is 13.7. The lowest BCUT2D eigenvalue weighted by molar-refractivity contribution is -0.232. The average molecular weight is 466 g/mol. The minimum atomic E-state index is -0.909. The summed E-state index contributed by atoms with van der Waals surface area (Å²) in [4.78, 5) is 20.2. The topological polar surface area (TPSA) is 108 Å². The highest BCUT2D eigenvalue weighted by Gasteiger charge is 2.54. The number of benzene rings is 3. The second-order valence-corrected chi connectivity index (χ2v) is 10.1. The molecule has 1 aliphatic rings. The fraction of sp³-hybridized carbons (Fsp3) is 0.214. The number of rotatable bonds is 3. The highest BCUT2D eigenvalue weighted by Crippen LogP contribution is 2.53. The van der Waals surface area contributed by atoms with Gasteiger partial charge in [0.2, 0.25) is 0 Å². The number of furan rings is 1. The van der Waals surface area contributed by atoms with Gasteiger partial charge in [0.05, 0.1) is 22.2 Å². The number of carbonyl (C=O) groups is 1. The van der Waals surface area contributed by atoms with E-state index in [1.807, 2.05) is 76.2 Å². The Kier molecular flexibility index (Phi) is 4.34. The van der Waals surface area contributed by atoms with E-state index >= 15 is 0 Å². The summed E-state index contributed by atoms with van der Waals surface area (Å²) in [7, 11) is 0. The molecule has 1 aliphatic heterocycles. The zero-order valence-corrected chi connectivity index (χ0v) is 20.0. The number of nitrogens with zero attached hydrogens (tertiary/aromatic N) is 2. The van der Waals surface area contributed by atoms with Crippen LogP contribution in [-0.4, -0.2) is 32.0 Å². The number of hydroxylamine groups is 2. The molecule has 35 heavy (non-hydrogen) atoms. The van der Waals surface area contributed by atoms with Crippen LogP contribution in [0.15, 0.2) is 65.1 Å². The second kappa shape index (κ2) is 7.04. The van der Waals surface area contributed by atoms with Crippen LogP contribution in [0.4, 0.5) is 0 Å². The summed E-state index contributed by atoms with van der Waals surface area (Å²) in [5.74, 6) is -0.0143. The van der Waals surface area contributed by atoms with Crippen LogP contribution >= 0.6 is 0 Å². The third kappa shape index (κ3) is 2.85. The number of hydrogen-bond donors (Lipinski definition) is 2. The Balaban J connectivity index is 1.72. The van der Waals surface area contributed by atoms with Crippen molar-refractivity contribution in [2.75, 3.05) is 0 Å². The zero-order chi connectivity index (χ0) is 24.7. The molecule has 5 aromatic rings. The average Bonchev–Trinajstić information content (AvgIpc) is 3.45. The van der Waals surface area contributed by atoms with E-state index in [9.17, 15) is 10.0 Å². The van der Waals surface area contributed by atoms with Gasteiger partial charge in [-0.1, -0.05) is 42.5 Å². The standard InChI is InChI=1S/C28H25N4O3/c1-27(2)21(17-11-7-10-16-15-9-5-6-14-20(15)35-24(16)17)22(28(3,4)32(27)34)26-30-19-13-8-12-18(25(29)33)23(19)31-26/h5-14H,1-4H3,(H2,29,33)(H,30,31). The van der Waals surface area contributed by atoms with E-state index in [1.54, 1.807) is 12.1 Å². The van der Waals surface area contributed by atoms with E-state index in [2.05, 4.69) is 4.98 Å². The molecular weight excluding hydrogens is 440 g/mol. The number of primary amides is 1. The Morgan fingerprint density at radius 2 is 1.60 bits per heavy atom. The summed E-state index contributed by atoms with van der Waals surface area (Å²) in [5, 5.41) is 16.9. The van der Waals surface area contributed by atoms with Crippen LogP contribution in [0.5, 0.6) is 0 Å². The van der Waals surface area contributed by atoms with E-state index in [0.717, 1.165) is 43.7 Å². The number of aromatic nitrogens is 2. The van der Waals surface area contributed by atoms with Crippen molar-refractivity contribution in [1.82, 2.24) is 15.0 Å². The number of para-hydroxylation sites is 3. The summed E-state index contributed by atoms with van der Waals surface area (Å²) >= 11 is 0. The van der Waals surface area contributed by atoms with Crippen molar-refractivity contribution in [2.24, 2.45) is 5.73 Å². The summed E-state index contributed by atoms with van der Waals surface area (Å²) in [6.07, 6.45) is 0. The molecule has 1 amide bonds. The van der Waals surface area contributed by atoms with Crippen molar-refractivity contribution in [2.45, 2.75) is 38.8 Å². The summed E-state index contributed by atoms with van der Waals surface area (Å²) in [5.41, 5.74) is 9.29. The lowest BCUT2D eigenvalue weighted by Crippen LogP contribution is -2.47. The molecule has 0 atom stereocenters. The molecule has 3 aromatic carbocycles. The Morgan fingerprint density at radius 1 is 0.914 bits per heavy atom. The summed E-state index contributed by atoms with van der Waals surface area (Å²) in [6, 6.07) is 19.2. The maximum Gasteiger partial charge on any atom is 0.250 e. The molecule has 7 heteroatoms. The van der Waals surface area contributed by atoms with Crippen molar-refractivity contribution < 1.29 is 14.4 Å². The molecule has 3 heterocycles. The van der Waals surface area contributed by atoms with Gasteiger partial charge in [0, 0.05) is 21.9 Å². The van der Waals surface area contributed by atoms with E-state index in [0.29, 0.717) is 22.4 Å². The smallest absolute Gasteiger partial charge is 0.250 e. The predicted molar refractivity (Wildman–Crippen MR) is 136 cm³/mol. The molecule has 0 unspecified atom stereocenters. The Bertz CT molecular complexity index is 1700. The number of nitrogens with one attached hydrogen (secondary N) is 1. The summed E-state index contributed by atoms with van der Waals surface area (Å²) < 4.78 is 6.34. The normalized spacial score (nSPS) is 17.7. The molecule has 7 nitrogen and oxygen atoms in total. The molecule has 6 rings (SSSR count). The van der Waals surface area contributed by atoms with Crippen molar-refractivity contribution in [3.8, 4) is 0 Å². The molecule has 0 fully saturated rings. The lowest BCUT2D eigenvalue weighted by Gasteiger charge is -2.34. The van der Waals surface area contributed by atoms with Crippen LogP contribution in [0, 0.1) is 0 Å². The minimum absolute atomic E-state index is 0.334. The van der Waals surface area contributed by atoms with Gasteiger partial charge >= 0.3 is 0 Å². The molecular formula is C28H25N4O3. The lowest BCUT2D eigenvalue weighted by atomic mass is 9.84. The first-order valence-corrected chi connectivity index (χ1v) is 11.5. The molecule has 0 bridgehead atoms. The third-order valence-electron chi connectivity index (χ3n) is 7.18. The molecule has 2 aromatic heterocycles. The van der Waals surface area contributed by atoms with Crippen molar-refractivity contribution in [3.63, 3.8) is 0 Å². The zero-order valence-electron chi connectivity index (χ0n) is 20.0. The minimum Gasteiger partial charge on any atom is -0.455 e. The fourth-order valence-electron chi connectivity index (χ4n) is 5.68. The summed E-state index contributed by atoms with van der Waals surface area (Å²) in [6.45, 7) is 7.63.